The first-order valence-electron chi connectivity index (χ1n) is 4.20. The highest BCUT2D eigenvalue weighted by Gasteiger charge is 1.94. The summed E-state index contributed by atoms with van der Waals surface area (Å²) in [5.41, 5.74) is 14.1. The van der Waals surface area contributed by atoms with Crippen LogP contribution in [0.3, 0.4) is 0 Å². The second-order valence-electron chi connectivity index (χ2n) is 3.24. The maximum absolute atomic E-state index is 5.24. The number of nitrogens with zero attached hydrogens (tertiary/aromatic N) is 1. The van der Waals surface area contributed by atoms with E-state index in [2.05, 4.69) is 37.0 Å². The van der Waals surface area contributed by atoms with Gasteiger partial charge in [0.05, 0.1) is 6.54 Å². The van der Waals surface area contributed by atoms with E-state index in [0.29, 0.717) is 6.54 Å². The van der Waals surface area contributed by atoms with Crippen molar-refractivity contribution < 1.29 is 0 Å². The van der Waals surface area contributed by atoms with Gasteiger partial charge in [-0.3, -0.25) is 0 Å². The molecule has 1 rings (SSSR count). The summed E-state index contributed by atoms with van der Waals surface area (Å²) in [5.74, 6) is 0.138. The van der Waals surface area contributed by atoms with Gasteiger partial charge in [0.25, 0.3) is 0 Å². The van der Waals surface area contributed by atoms with Crippen LogP contribution in [0, 0.1) is 13.8 Å². The Morgan fingerprint density at radius 3 is 2.15 bits per heavy atom. The molecule has 0 fully saturated rings. The Morgan fingerprint density at radius 2 is 1.69 bits per heavy atom. The van der Waals surface area contributed by atoms with Crippen molar-refractivity contribution in [2.75, 3.05) is 0 Å². The summed E-state index contributed by atoms with van der Waals surface area (Å²) in [5, 5.41) is 0. The van der Waals surface area contributed by atoms with Crippen molar-refractivity contribution >= 4 is 5.96 Å². The van der Waals surface area contributed by atoms with Gasteiger partial charge in [-0.15, -0.1) is 0 Å². The number of guanidine groups is 1. The largest absolute Gasteiger partial charge is 0.370 e. The molecule has 0 radical (unpaired) electrons. The van der Waals surface area contributed by atoms with Gasteiger partial charge in [-0.1, -0.05) is 29.3 Å². The summed E-state index contributed by atoms with van der Waals surface area (Å²) >= 11 is 0. The summed E-state index contributed by atoms with van der Waals surface area (Å²) in [6.45, 7) is 4.68. The topological polar surface area (TPSA) is 64.4 Å². The number of aryl methyl sites for hydroxylation is 2. The zero-order chi connectivity index (χ0) is 9.84. The average Bonchev–Trinajstić information content (AvgIpc) is 1.99. The zero-order valence-corrected chi connectivity index (χ0v) is 8.04. The number of rotatable bonds is 2. The van der Waals surface area contributed by atoms with Gasteiger partial charge in [-0.2, -0.15) is 0 Å². The van der Waals surface area contributed by atoms with Crippen LogP contribution in [-0.4, -0.2) is 5.96 Å². The fraction of sp³-hybridized carbons (Fsp3) is 0.300. The van der Waals surface area contributed by atoms with Crippen LogP contribution in [0.25, 0.3) is 0 Å². The minimum absolute atomic E-state index is 0.138. The van der Waals surface area contributed by atoms with E-state index in [-0.39, 0.29) is 5.96 Å². The van der Waals surface area contributed by atoms with E-state index in [0.717, 1.165) is 5.56 Å². The predicted octanol–water partition coefficient (Wildman–Crippen LogP) is 1.08. The molecule has 0 spiro atoms. The molecule has 13 heavy (non-hydrogen) atoms. The molecular formula is C10H15N3. The molecule has 1 aromatic carbocycles. The summed E-state index contributed by atoms with van der Waals surface area (Å²) in [4.78, 5) is 3.95. The Balaban J connectivity index is 2.83. The van der Waals surface area contributed by atoms with Gasteiger partial charge in [0.2, 0.25) is 0 Å². The van der Waals surface area contributed by atoms with Crippen molar-refractivity contribution in [1.29, 1.82) is 0 Å². The molecule has 0 atom stereocenters. The minimum atomic E-state index is 0.138. The van der Waals surface area contributed by atoms with Crippen LogP contribution in [0.2, 0.25) is 0 Å². The Bertz CT molecular complexity index is 305. The van der Waals surface area contributed by atoms with E-state index in [9.17, 15) is 0 Å². The molecular weight excluding hydrogens is 162 g/mol. The van der Waals surface area contributed by atoms with Crippen LogP contribution >= 0.6 is 0 Å². The van der Waals surface area contributed by atoms with E-state index in [1.807, 2.05) is 0 Å². The monoisotopic (exact) mass is 177 g/mol. The molecule has 0 aromatic heterocycles. The third kappa shape index (κ3) is 3.15. The first-order valence-corrected chi connectivity index (χ1v) is 4.20. The van der Waals surface area contributed by atoms with Gasteiger partial charge in [-0.25, -0.2) is 4.99 Å². The molecule has 3 nitrogen and oxygen atoms in total. The normalized spacial score (nSPS) is 9.69. The lowest BCUT2D eigenvalue weighted by Gasteiger charge is -2.01. The van der Waals surface area contributed by atoms with E-state index in [1.165, 1.54) is 11.1 Å². The molecule has 70 valence electrons. The first-order chi connectivity index (χ1) is 6.08. The molecule has 3 heteroatoms. The van der Waals surface area contributed by atoms with Crippen LogP contribution in [0.15, 0.2) is 23.2 Å². The SMILES string of the molecule is Cc1cc(C)cc(CN=C(N)N)c1. The fourth-order valence-corrected chi connectivity index (χ4v) is 1.34. The summed E-state index contributed by atoms with van der Waals surface area (Å²) in [7, 11) is 0. The third-order valence-corrected chi connectivity index (χ3v) is 1.73. The van der Waals surface area contributed by atoms with Crippen molar-refractivity contribution in [3.05, 3.63) is 34.9 Å². The molecule has 0 saturated carbocycles. The quantitative estimate of drug-likeness (QED) is 0.524. The molecule has 0 unspecified atom stereocenters. The fourth-order valence-electron chi connectivity index (χ4n) is 1.34. The number of hydrogen-bond acceptors (Lipinski definition) is 1. The number of hydrogen-bond donors (Lipinski definition) is 2. The summed E-state index contributed by atoms with van der Waals surface area (Å²) in [6, 6.07) is 6.29. The van der Waals surface area contributed by atoms with Crippen LogP contribution in [0.4, 0.5) is 0 Å². The average molecular weight is 177 g/mol. The van der Waals surface area contributed by atoms with Crippen molar-refractivity contribution in [2.45, 2.75) is 20.4 Å². The molecule has 4 N–H and O–H groups in total. The van der Waals surface area contributed by atoms with Gasteiger partial charge >= 0.3 is 0 Å². The van der Waals surface area contributed by atoms with E-state index < -0.39 is 0 Å². The molecule has 0 saturated heterocycles. The van der Waals surface area contributed by atoms with Crippen molar-refractivity contribution in [3.8, 4) is 0 Å². The molecule has 0 aliphatic rings. The van der Waals surface area contributed by atoms with Crippen molar-refractivity contribution in [3.63, 3.8) is 0 Å². The lowest BCUT2D eigenvalue weighted by molar-refractivity contribution is 1.04. The molecule has 0 aliphatic heterocycles. The van der Waals surface area contributed by atoms with Crippen LogP contribution in [0.1, 0.15) is 16.7 Å². The molecule has 0 bridgehead atoms. The van der Waals surface area contributed by atoms with Gasteiger partial charge < -0.3 is 11.5 Å². The number of benzene rings is 1. The predicted molar refractivity (Wildman–Crippen MR) is 55.4 cm³/mol. The highest BCUT2D eigenvalue weighted by atomic mass is 15.0. The highest BCUT2D eigenvalue weighted by Crippen LogP contribution is 2.09. The van der Waals surface area contributed by atoms with Gasteiger partial charge in [0.1, 0.15) is 0 Å². The Hall–Kier alpha value is -1.51. The number of nitrogens with two attached hydrogens (primary N) is 2. The van der Waals surface area contributed by atoms with Crippen LogP contribution < -0.4 is 11.5 Å². The maximum atomic E-state index is 5.24. The summed E-state index contributed by atoms with van der Waals surface area (Å²) in [6.07, 6.45) is 0. The van der Waals surface area contributed by atoms with E-state index in [4.69, 9.17) is 11.5 Å². The Kier molecular flexibility index (Phi) is 2.90. The van der Waals surface area contributed by atoms with E-state index in [1.54, 1.807) is 0 Å². The number of aliphatic imine (C=N–C) groups is 1. The first kappa shape index (κ1) is 9.58. The molecule has 1 aromatic rings. The van der Waals surface area contributed by atoms with E-state index >= 15 is 0 Å². The Labute approximate surface area is 78.5 Å². The highest BCUT2D eigenvalue weighted by molar-refractivity contribution is 5.75. The van der Waals surface area contributed by atoms with Gasteiger partial charge in [0, 0.05) is 0 Å². The molecule has 0 amide bonds. The van der Waals surface area contributed by atoms with Gasteiger partial charge in [0.15, 0.2) is 5.96 Å². The smallest absolute Gasteiger partial charge is 0.186 e. The van der Waals surface area contributed by atoms with Crippen molar-refractivity contribution in [2.24, 2.45) is 16.5 Å². The second-order valence-corrected chi connectivity index (χ2v) is 3.24. The summed E-state index contributed by atoms with van der Waals surface area (Å²) < 4.78 is 0. The van der Waals surface area contributed by atoms with Crippen LogP contribution in [0.5, 0.6) is 0 Å². The van der Waals surface area contributed by atoms with Crippen LogP contribution in [-0.2, 0) is 6.54 Å². The van der Waals surface area contributed by atoms with Gasteiger partial charge in [-0.05, 0) is 19.4 Å². The molecule has 0 heterocycles. The minimum Gasteiger partial charge on any atom is -0.370 e. The van der Waals surface area contributed by atoms with Crippen molar-refractivity contribution in [1.82, 2.24) is 0 Å². The lowest BCUT2D eigenvalue weighted by atomic mass is 10.1. The lowest BCUT2D eigenvalue weighted by Crippen LogP contribution is -2.22. The standard InChI is InChI=1S/C10H15N3/c1-7-3-8(2)5-9(4-7)6-13-10(11)12/h3-5H,6H2,1-2H3,(H4,11,12,13). The second kappa shape index (κ2) is 3.94. The third-order valence-electron chi connectivity index (χ3n) is 1.73. The molecule has 0 aliphatic carbocycles. The zero-order valence-electron chi connectivity index (χ0n) is 8.04. The Morgan fingerprint density at radius 1 is 1.15 bits per heavy atom. The maximum Gasteiger partial charge on any atom is 0.186 e.